The molecule has 1 aliphatic heterocycles. The van der Waals surface area contributed by atoms with Gasteiger partial charge >= 0.3 is 0 Å². The van der Waals surface area contributed by atoms with Crippen molar-refractivity contribution in [2.45, 2.75) is 18.9 Å². The molecule has 21 heavy (non-hydrogen) atoms. The average Bonchev–Trinajstić information content (AvgIpc) is 3.11. The van der Waals surface area contributed by atoms with Crippen molar-refractivity contribution in [1.29, 1.82) is 0 Å². The molecule has 1 unspecified atom stereocenters. The van der Waals surface area contributed by atoms with Crippen molar-refractivity contribution in [2.24, 2.45) is 0 Å². The van der Waals surface area contributed by atoms with Crippen molar-refractivity contribution in [3.05, 3.63) is 53.4 Å². The minimum absolute atomic E-state index is 0.597. The van der Waals surface area contributed by atoms with Crippen LogP contribution in [0.25, 0.3) is 6.08 Å². The number of rotatable bonds is 4. The van der Waals surface area contributed by atoms with Gasteiger partial charge in [0.2, 0.25) is 0 Å². The highest BCUT2D eigenvalue weighted by Gasteiger charge is 2.39. The maximum atomic E-state index is 10.6. The summed E-state index contributed by atoms with van der Waals surface area (Å²) in [6, 6.07) is 10.3. The van der Waals surface area contributed by atoms with Gasteiger partial charge in [-0.15, -0.1) is 0 Å². The van der Waals surface area contributed by atoms with E-state index in [-0.39, 0.29) is 0 Å². The van der Waals surface area contributed by atoms with E-state index in [1.165, 1.54) is 11.1 Å². The molecule has 0 bridgehead atoms. The van der Waals surface area contributed by atoms with E-state index in [2.05, 4.69) is 45.4 Å². The van der Waals surface area contributed by atoms with Gasteiger partial charge in [-0.1, -0.05) is 42.0 Å². The van der Waals surface area contributed by atoms with Gasteiger partial charge in [0.05, 0.1) is 6.20 Å². The fourth-order valence-corrected chi connectivity index (χ4v) is 2.87. The van der Waals surface area contributed by atoms with Gasteiger partial charge < -0.3 is 5.11 Å². The Morgan fingerprint density at radius 2 is 2.24 bits per heavy atom. The number of nitrogens with one attached hydrogen (secondary N) is 1. The van der Waals surface area contributed by atoms with Crippen molar-refractivity contribution >= 4 is 6.08 Å². The standard InChI is InChI=1S/C16H20N4O/c1-13(9-14-5-3-2-4-6-14)11-20-8-7-16(21,12-20)15-10-17-19-18-15/h2-6,9-10,21H,7-8,11-12H2,1H3,(H,17,18,19). The molecule has 1 saturated heterocycles. The lowest BCUT2D eigenvalue weighted by Crippen LogP contribution is -2.31. The van der Waals surface area contributed by atoms with Crippen molar-refractivity contribution in [3.8, 4) is 0 Å². The average molecular weight is 284 g/mol. The quantitative estimate of drug-likeness (QED) is 0.898. The third kappa shape index (κ3) is 3.20. The van der Waals surface area contributed by atoms with Gasteiger partial charge in [-0.25, -0.2) is 0 Å². The minimum Gasteiger partial charge on any atom is -0.382 e. The zero-order valence-corrected chi connectivity index (χ0v) is 12.2. The van der Waals surface area contributed by atoms with E-state index in [4.69, 9.17) is 0 Å². The van der Waals surface area contributed by atoms with E-state index in [0.717, 1.165) is 13.1 Å². The lowest BCUT2D eigenvalue weighted by Gasteiger charge is -2.21. The van der Waals surface area contributed by atoms with Gasteiger partial charge in [0, 0.05) is 19.6 Å². The van der Waals surface area contributed by atoms with Crippen LogP contribution in [-0.4, -0.2) is 45.1 Å². The van der Waals surface area contributed by atoms with Gasteiger partial charge in [-0.3, -0.25) is 4.90 Å². The van der Waals surface area contributed by atoms with E-state index in [9.17, 15) is 5.11 Å². The van der Waals surface area contributed by atoms with Crippen LogP contribution in [0.15, 0.2) is 42.1 Å². The number of aromatic nitrogens is 3. The van der Waals surface area contributed by atoms with Gasteiger partial charge in [-0.05, 0) is 18.9 Å². The molecule has 2 aromatic rings. The number of hydrogen-bond donors (Lipinski definition) is 2. The highest BCUT2D eigenvalue weighted by molar-refractivity contribution is 5.52. The predicted molar refractivity (Wildman–Crippen MR) is 81.4 cm³/mol. The van der Waals surface area contributed by atoms with Gasteiger partial charge in [0.1, 0.15) is 11.3 Å². The molecule has 0 spiro atoms. The molecule has 0 amide bonds. The third-order valence-corrected chi connectivity index (χ3v) is 3.90. The first kappa shape index (κ1) is 14.0. The first-order chi connectivity index (χ1) is 10.2. The summed E-state index contributed by atoms with van der Waals surface area (Å²) in [6.07, 6.45) is 4.49. The largest absolute Gasteiger partial charge is 0.382 e. The number of aromatic amines is 1. The molecule has 1 aliphatic rings. The molecule has 5 nitrogen and oxygen atoms in total. The molecule has 3 rings (SSSR count). The van der Waals surface area contributed by atoms with Crippen molar-refractivity contribution in [1.82, 2.24) is 20.3 Å². The summed E-state index contributed by atoms with van der Waals surface area (Å²) in [5.74, 6) is 0. The monoisotopic (exact) mass is 284 g/mol. The summed E-state index contributed by atoms with van der Waals surface area (Å²) >= 11 is 0. The first-order valence-electron chi connectivity index (χ1n) is 7.19. The van der Waals surface area contributed by atoms with Crippen molar-refractivity contribution in [3.63, 3.8) is 0 Å². The maximum absolute atomic E-state index is 10.6. The molecular formula is C16H20N4O. The number of aliphatic hydroxyl groups is 1. The molecule has 5 heteroatoms. The Kier molecular flexibility index (Phi) is 3.86. The number of nitrogens with zero attached hydrogens (tertiary/aromatic N) is 3. The van der Waals surface area contributed by atoms with Gasteiger partial charge in [-0.2, -0.15) is 15.4 Å². The molecule has 1 fully saturated rings. The van der Waals surface area contributed by atoms with E-state index in [0.29, 0.717) is 18.7 Å². The summed E-state index contributed by atoms with van der Waals surface area (Å²) in [7, 11) is 0. The van der Waals surface area contributed by atoms with E-state index in [1.807, 2.05) is 18.2 Å². The van der Waals surface area contributed by atoms with Crippen LogP contribution in [0.1, 0.15) is 24.6 Å². The Hall–Kier alpha value is -1.98. The molecular weight excluding hydrogens is 264 g/mol. The summed E-state index contributed by atoms with van der Waals surface area (Å²) in [4.78, 5) is 2.25. The molecule has 0 radical (unpaired) electrons. The molecule has 0 aliphatic carbocycles. The summed E-state index contributed by atoms with van der Waals surface area (Å²) in [6.45, 7) is 4.44. The van der Waals surface area contributed by atoms with Crippen LogP contribution in [0.3, 0.4) is 0 Å². The van der Waals surface area contributed by atoms with E-state index in [1.54, 1.807) is 6.20 Å². The first-order valence-corrected chi connectivity index (χ1v) is 7.19. The smallest absolute Gasteiger partial charge is 0.124 e. The van der Waals surface area contributed by atoms with Crippen LogP contribution >= 0.6 is 0 Å². The van der Waals surface area contributed by atoms with Crippen molar-refractivity contribution in [2.75, 3.05) is 19.6 Å². The highest BCUT2D eigenvalue weighted by atomic mass is 16.3. The second-order valence-corrected chi connectivity index (χ2v) is 5.75. The summed E-state index contributed by atoms with van der Waals surface area (Å²) < 4.78 is 0. The predicted octanol–water partition coefficient (Wildman–Crippen LogP) is 1.80. The highest BCUT2D eigenvalue weighted by Crippen LogP contribution is 2.30. The molecule has 2 N–H and O–H groups in total. The number of H-pyrrole nitrogens is 1. The molecule has 1 aromatic heterocycles. The number of likely N-dealkylation sites (tertiary alicyclic amines) is 1. The molecule has 110 valence electrons. The van der Waals surface area contributed by atoms with Crippen LogP contribution in [0.5, 0.6) is 0 Å². The molecule has 1 atom stereocenters. The molecule has 1 aromatic carbocycles. The van der Waals surface area contributed by atoms with Crippen molar-refractivity contribution < 1.29 is 5.11 Å². The zero-order valence-electron chi connectivity index (χ0n) is 12.2. The summed E-state index contributed by atoms with van der Waals surface area (Å²) in [5, 5.41) is 21.0. The zero-order chi connectivity index (χ0) is 14.7. The Balaban J connectivity index is 1.64. The Labute approximate surface area is 124 Å². The lowest BCUT2D eigenvalue weighted by molar-refractivity contribution is 0.0427. The number of β-amino-alcohol motifs (C(OH)–C–C–N with tert-alkyl or cyclic N) is 1. The third-order valence-electron chi connectivity index (χ3n) is 3.90. The van der Waals surface area contributed by atoms with Crippen LogP contribution in [0.4, 0.5) is 0 Å². The lowest BCUT2D eigenvalue weighted by atomic mass is 10.00. The Morgan fingerprint density at radius 1 is 1.43 bits per heavy atom. The molecule has 0 saturated carbocycles. The summed E-state index contributed by atoms with van der Waals surface area (Å²) in [5.41, 5.74) is 2.25. The Bertz CT molecular complexity index is 608. The normalized spacial score (nSPS) is 23.6. The van der Waals surface area contributed by atoms with Gasteiger partial charge in [0.25, 0.3) is 0 Å². The number of benzene rings is 1. The second kappa shape index (κ2) is 5.79. The van der Waals surface area contributed by atoms with E-state index >= 15 is 0 Å². The topological polar surface area (TPSA) is 65.0 Å². The number of hydrogen-bond acceptors (Lipinski definition) is 4. The minimum atomic E-state index is -0.875. The van der Waals surface area contributed by atoms with Crippen LogP contribution in [0, 0.1) is 0 Å². The van der Waals surface area contributed by atoms with Crippen LogP contribution < -0.4 is 0 Å². The second-order valence-electron chi connectivity index (χ2n) is 5.75. The molecule has 2 heterocycles. The van der Waals surface area contributed by atoms with Crippen LogP contribution in [-0.2, 0) is 5.60 Å². The Morgan fingerprint density at radius 3 is 2.95 bits per heavy atom. The maximum Gasteiger partial charge on any atom is 0.124 e. The van der Waals surface area contributed by atoms with Crippen LogP contribution in [0.2, 0.25) is 0 Å². The SMILES string of the molecule is CC(=Cc1ccccc1)CN1CCC(O)(c2cn[nH]n2)C1. The van der Waals surface area contributed by atoms with Gasteiger partial charge in [0.15, 0.2) is 0 Å². The van der Waals surface area contributed by atoms with E-state index < -0.39 is 5.60 Å². The fourth-order valence-electron chi connectivity index (χ4n) is 2.87. The fraction of sp³-hybridized carbons (Fsp3) is 0.375.